The predicted octanol–water partition coefficient (Wildman–Crippen LogP) is 1.51. The van der Waals surface area contributed by atoms with Gasteiger partial charge in [-0.1, -0.05) is 12.1 Å². The van der Waals surface area contributed by atoms with Crippen LogP contribution in [-0.4, -0.2) is 50.7 Å². The monoisotopic (exact) mass is 335 g/mol. The van der Waals surface area contributed by atoms with Crippen molar-refractivity contribution in [3.8, 4) is 11.5 Å². The lowest BCUT2D eigenvalue weighted by molar-refractivity contribution is -0.122. The van der Waals surface area contributed by atoms with Crippen molar-refractivity contribution in [2.75, 3.05) is 27.8 Å². The van der Waals surface area contributed by atoms with Gasteiger partial charge in [0.25, 0.3) is 0 Å². The van der Waals surface area contributed by atoms with Gasteiger partial charge in [-0.05, 0) is 25.3 Å². The van der Waals surface area contributed by atoms with Gasteiger partial charge in [-0.3, -0.25) is 4.79 Å². The number of urea groups is 1. The number of ether oxygens (including phenoxy) is 2. The Bertz CT molecular complexity index is 591. The minimum Gasteiger partial charge on any atom is -0.493 e. The highest BCUT2D eigenvalue weighted by molar-refractivity contribution is 5.87. The zero-order valence-corrected chi connectivity index (χ0v) is 14.4. The number of nitrogens with one attached hydrogen (secondary N) is 2. The Labute approximate surface area is 142 Å². The van der Waals surface area contributed by atoms with E-state index in [9.17, 15) is 9.59 Å². The third kappa shape index (κ3) is 4.31. The van der Waals surface area contributed by atoms with Crippen molar-refractivity contribution in [3.63, 3.8) is 0 Å². The lowest BCUT2D eigenvalue weighted by Crippen LogP contribution is -2.49. The summed E-state index contributed by atoms with van der Waals surface area (Å²) >= 11 is 0. The van der Waals surface area contributed by atoms with E-state index in [-0.39, 0.29) is 11.9 Å². The third-order valence-electron chi connectivity index (χ3n) is 4.07. The van der Waals surface area contributed by atoms with Crippen LogP contribution in [0.3, 0.4) is 0 Å². The molecule has 7 nitrogen and oxygen atoms in total. The smallest absolute Gasteiger partial charge is 0.318 e. The average Bonchev–Trinajstić information content (AvgIpc) is 2.79. The van der Waals surface area contributed by atoms with Gasteiger partial charge in [0, 0.05) is 19.2 Å². The fourth-order valence-corrected chi connectivity index (χ4v) is 2.74. The number of methoxy groups -OCH3 is 2. The van der Waals surface area contributed by atoms with E-state index < -0.39 is 6.04 Å². The van der Waals surface area contributed by atoms with Gasteiger partial charge in [-0.2, -0.15) is 0 Å². The number of carbonyl (C=O) groups excluding carboxylic acids is 2. The van der Waals surface area contributed by atoms with Gasteiger partial charge >= 0.3 is 6.03 Å². The molecule has 2 N–H and O–H groups in total. The number of para-hydroxylation sites is 1. The van der Waals surface area contributed by atoms with Gasteiger partial charge in [-0.15, -0.1) is 0 Å². The summed E-state index contributed by atoms with van der Waals surface area (Å²) in [5.41, 5.74) is 0.833. The van der Waals surface area contributed by atoms with Gasteiger partial charge in [-0.25, -0.2) is 4.79 Å². The Kier molecular flexibility index (Phi) is 6.28. The number of benzene rings is 1. The van der Waals surface area contributed by atoms with Crippen LogP contribution in [0.2, 0.25) is 0 Å². The molecule has 0 saturated carbocycles. The van der Waals surface area contributed by atoms with Crippen molar-refractivity contribution in [1.29, 1.82) is 0 Å². The van der Waals surface area contributed by atoms with Crippen LogP contribution in [-0.2, 0) is 11.3 Å². The number of rotatable bonds is 5. The molecule has 2 rings (SSSR count). The summed E-state index contributed by atoms with van der Waals surface area (Å²) in [6.07, 6.45) is 2.51. The molecule has 1 aromatic carbocycles. The van der Waals surface area contributed by atoms with Crippen LogP contribution in [0.1, 0.15) is 24.8 Å². The average molecular weight is 335 g/mol. The normalized spacial score (nSPS) is 17.5. The van der Waals surface area contributed by atoms with Gasteiger partial charge in [0.2, 0.25) is 5.91 Å². The van der Waals surface area contributed by atoms with Gasteiger partial charge < -0.3 is 25.0 Å². The molecule has 1 saturated heterocycles. The van der Waals surface area contributed by atoms with E-state index in [4.69, 9.17) is 9.47 Å². The number of carbonyl (C=O) groups is 2. The highest BCUT2D eigenvalue weighted by Gasteiger charge is 2.24. The maximum absolute atomic E-state index is 12.4. The number of hydrogen-bond acceptors (Lipinski definition) is 4. The number of nitrogens with zero attached hydrogens (tertiary/aromatic N) is 1. The molecule has 0 unspecified atom stereocenters. The zero-order valence-electron chi connectivity index (χ0n) is 14.4. The lowest BCUT2D eigenvalue weighted by Gasteiger charge is -2.23. The van der Waals surface area contributed by atoms with E-state index in [1.807, 2.05) is 12.1 Å². The first-order valence-corrected chi connectivity index (χ1v) is 8.06. The molecule has 0 aromatic heterocycles. The quantitative estimate of drug-likeness (QED) is 0.855. The standard InChI is InChI=1S/C17H25N3O4/c1-20(11-12-7-6-9-14(23-2)15(12)24-3)17(22)19-13-8-4-5-10-18-16(13)21/h6-7,9,13H,4-5,8,10-11H2,1-3H3,(H,18,21)(H,19,22)/t13-/m1/s1. The first-order valence-electron chi connectivity index (χ1n) is 8.06. The molecule has 1 heterocycles. The fourth-order valence-electron chi connectivity index (χ4n) is 2.74. The van der Waals surface area contributed by atoms with Crippen molar-refractivity contribution in [2.45, 2.75) is 31.8 Å². The van der Waals surface area contributed by atoms with E-state index in [0.717, 1.165) is 18.4 Å². The summed E-state index contributed by atoms with van der Waals surface area (Å²) in [4.78, 5) is 25.8. The van der Waals surface area contributed by atoms with Crippen molar-refractivity contribution in [3.05, 3.63) is 23.8 Å². The minimum absolute atomic E-state index is 0.117. The zero-order chi connectivity index (χ0) is 17.5. The van der Waals surface area contributed by atoms with E-state index in [1.165, 1.54) is 4.90 Å². The molecule has 1 aliphatic rings. The van der Waals surface area contributed by atoms with Crippen LogP contribution in [0, 0.1) is 0 Å². The Morgan fingerprint density at radius 3 is 2.83 bits per heavy atom. The van der Waals surface area contributed by atoms with Crippen LogP contribution in [0.25, 0.3) is 0 Å². The minimum atomic E-state index is -0.477. The molecular formula is C17H25N3O4. The largest absolute Gasteiger partial charge is 0.493 e. The van der Waals surface area contributed by atoms with Crippen LogP contribution in [0.15, 0.2) is 18.2 Å². The van der Waals surface area contributed by atoms with E-state index in [1.54, 1.807) is 27.3 Å². The molecule has 1 aliphatic heterocycles. The van der Waals surface area contributed by atoms with Gasteiger partial charge in [0.15, 0.2) is 11.5 Å². The number of hydrogen-bond donors (Lipinski definition) is 2. The van der Waals surface area contributed by atoms with Crippen molar-refractivity contribution in [2.24, 2.45) is 0 Å². The van der Waals surface area contributed by atoms with Crippen LogP contribution < -0.4 is 20.1 Å². The maximum atomic E-state index is 12.4. The van der Waals surface area contributed by atoms with E-state index in [0.29, 0.717) is 31.0 Å². The van der Waals surface area contributed by atoms with Crippen molar-refractivity contribution < 1.29 is 19.1 Å². The second-order valence-corrected chi connectivity index (χ2v) is 5.80. The summed E-state index contributed by atoms with van der Waals surface area (Å²) in [6.45, 7) is 1.02. The third-order valence-corrected chi connectivity index (χ3v) is 4.07. The molecular weight excluding hydrogens is 310 g/mol. The first-order chi connectivity index (χ1) is 11.6. The van der Waals surface area contributed by atoms with Crippen LogP contribution >= 0.6 is 0 Å². The molecule has 0 radical (unpaired) electrons. The van der Waals surface area contributed by atoms with Crippen LogP contribution in [0.4, 0.5) is 4.79 Å². The molecule has 3 amide bonds. The van der Waals surface area contributed by atoms with Gasteiger partial charge in [0.05, 0.1) is 20.8 Å². The summed E-state index contributed by atoms with van der Waals surface area (Å²) in [5.74, 6) is 1.10. The summed E-state index contributed by atoms with van der Waals surface area (Å²) in [5, 5.41) is 5.61. The molecule has 1 fully saturated rings. The summed E-state index contributed by atoms with van der Waals surface area (Å²) in [6, 6.07) is 4.76. The van der Waals surface area contributed by atoms with Crippen molar-refractivity contribution in [1.82, 2.24) is 15.5 Å². The second-order valence-electron chi connectivity index (χ2n) is 5.80. The Morgan fingerprint density at radius 2 is 2.12 bits per heavy atom. The van der Waals surface area contributed by atoms with E-state index in [2.05, 4.69) is 10.6 Å². The highest BCUT2D eigenvalue weighted by Crippen LogP contribution is 2.31. The second kappa shape index (κ2) is 8.42. The summed E-state index contributed by atoms with van der Waals surface area (Å²) < 4.78 is 10.7. The Balaban J connectivity index is 2.02. The fraction of sp³-hybridized carbons (Fsp3) is 0.529. The van der Waals surface area contributed by atoms with Crippen LogP contribution in [0.5, 0.6) is 11.5 Å². The Hall–Kier alpha value is -2.44. The molecule has 1 aromatic rings. The van der Waals surface area contributed by atoms with Crippen molar-refractivity contribution >= 4 is 11.9 Å². The molecule has 24 heavy (non-hydrogen) atoms. The molecule has 0 spiro atoms. The molecule has 132 valence electrons. The first kappa shape index (κ1) is 17.9. The maximum Gasteiger partial charge on any atom is 0.318 e. The topological polar surface area (TPSA) is 79.9 Å². The lowest BCUT2D eigenvalue weighted by atomic mass is 10.1. The predicted molar refractivity (Wildman–Crippen MR) is 90.2 cm³/mol. The van der Waals surface area contributed by atoms with E-state index >= 15 is 0 Å². The number of amides is 3. The summed E-state index contributed by atoms with van der Waals surface area (Å²) in [7, 11) is 4.82. The SMILES string of the molecule is COc1cccc(CN(C)C(=O)N[C@@H]2CCCCNC2=O)c1OC. The molecule has 0 aliphatic carbocycles. The molecule has 7 heteroatoms. The van der Waals surface area contributed by atoms with Gasteiger partial charge in [0.1, 0.15) is 6.04 Å². The Morgan fingerprint density at radius 1 is 1.33 bits per heavy atom. The molecule has 1 atom stereocenters. The molecule has 0 bridgehead atoms. The highest BCUT2D eigenvalue weighted by atomic mass is 16.5.